The Morgan fingerprint density at radius 2 is 0.795 bits per heavy atom. The molecule has 1 N–H and O–H groups in total. The van der Waals surface area contributed by atoms with Crippen molar-refractivity contribution < 1.29 is 33.4 Å². The third kappa shape index (κ3) is 29.9. The molecule has 0 aliphatic carbocycles. The molecule has 0 bridgehead atoms. The normalized spacial score (nSPS) is 11.6. The molecule has 0 aromatic carbocycles. The second kappa shape index (κ2) is 32.3. The molecule has 8 heteroatoms. The lowest BCUT2D eigenvalue weighted by molar-refractivity contribution is -0.167. The Morgan fingerprint density at radius 1 is 0.455 bits per heavy atom. The Labute approximate surface area is 269 Å². The molecular weight excluding hydrogens is 558 g/mol. The van der Waals surface area contributed by atoms with Crippen LogP contribution in [0, 0.1) is 0 Å². The minimum atomic E-state index is -0.861. The first kappa shape index (κ1) is 41.9. The van der Waals surface area contributed by atoms with E-state index in [-0.39, 0.29) is 50.3 Å². The Bertz CT molecular complexity index is 713. The van der Waals surface area contributed by atoms with E-state index in [0.717, 1.165) is 38.5 Å². The molecule has 0 aliphatic heterocycles. The van der Waals surface area contributed by atoms with E-state index < -0.39 is 12.1 Å². The minimum Gasteiger partial charge on any atom is -0.462 e. The molecule has 0 spiro atoms. The van der Waals surface area contributed by atoms with E-state index in [9.17, 15) is 19.2 Å². The van der Waals surface area contributed by atoms with Crippen LogP contribution in [0.25, 0.3) is 0 Å². The third-order valence-corrected chi connectivity index (χ3v) is 7.96. The van der Waals surface area contributed by atoms with Crippen LogP contribution in [0.15, 0.2) is 0 Å². The molecule has 0 aromatic heterocycles. The highest BCUT2D eigenvalue weighted by Crippen LogP contribution is 2.14. The zero-order chi connectivity index (χ0) is 32.5. The van der Waals surface area contributed by atoms with Crippen LogP contribution < -0.4 is 5.32 Å². The topological polar surface area (TPSA) is 108 Å². The number of esters is 3. The van der Waals surface area contributed by atoms with Gasteiger partial charge in [-0.2, -0.15) is 0 Å². The molecule has 0 saturated carbocycles. The van der Waals surface area contributed by atoms with E-state index in [1.807, 2.05) is 0 Å². The highest BCUT2D eigenvalue weighted by Gasteiger charge is 2.20. The van der Waals surface area contributed by atoms with E-state index in [0.29, 0.717) is 6.42 Å². The SMILES string of the molecule is CCCCCCCCCCCCCC(=O)OC[C@@H](COC(=O)CCC(=O)NC)OC(=O)CCCCCCCCCCCCC. The van der Waals surface area contributed by atoms with Gasteiger partial charge in [0.05, 0.1) is 6.42 Å². The first-order valence-corrected chi connectivity index (χ1v) is 18.1. The van der Waals surface area contributed by atoms with Crippen LogP contribution in [-0.2, 0) is 33.4 Å². The maximum atomic E-state index is 12.5. The van der Waals surface area contributed by atoms with Gasteiger partial charge in [0.2, 0.25) is 5.91 Å². The molecule has 0 rings (SSSR count). The molecule has 0 heterocycles. The molecular formula is C36H67NO7. The number of carbonyl (C=O) groups excluding carboxylic acids is 4. The Hall–Kier alpha value is -2.12. The van der Waals surface area contributed by atoms with Gasteiger partial charge in [0.25, 0.3) is 0 Å². The fourth-order valence-electron chi connectivity index (χ4n) is 5.08. The van der Waals surface area contributed by atoms with Gasteiger partial charge < -0.3 is 19.5 Å². The van der Waals surface area contributed by atoms with Gasteiger partial charge in [-0.25, -0.2) is 0 Å². The summed E-state index contributed by atoms with van der Waals surface area (Å²) >= 11 is 0. The molecule has 0 saturated heterocycles. The molecule has 0 aromatic rings. The molecule has 1 atom stereocenters. The lowest BCUT2D eigenvalue weighted by Gasteiger charge is -2.18. The number of amides is 1. The van der Waals surface area contributed by atoms with E-state index in [4.69, 9.17) is 14.2 Å². The van der Waals surface area contributed by atoms with Crippen molar-refractivity contribution in [2.45, 2.75) is 187 Å². The van der Waals surface area contributed by atoms with Crippen molar-refractivity contribution in [3.05, 3.63) is 0 Å². The van der Waals surface area contributed by atoms with Gasteiger partial charge in [0.1, 0.15) is 13.2 Å². The zero-order valence-corrected chi connectivity index (χ0v) is 28.7. The van der Waals surface area contributed by atoms with E-state index >= 15 is 0 Å². The number of nitrogens with one attached hydrogen (secondary N) is 1. The quantitative estimate of drug-likeness (QED) is 0.0452. The Kier molecular flexibility index (Phi) is 30.7. The first-order chi connectivity index (χ1) is 21.4. The molecule has 0 radical (unpaired) electrons. The number of carbonyl (C=O) groups is 4. The lowest BCUT2D eigenvalue weighted by Crippen LogP contribution is -2.31. The van der Waals surface area contributed by atoms with Gasteiger partial charge in [-0.1, -0.05) is 142 Å². The van der Waals surface area contributed by atoms with Gasteiger partial charge >= 0.3 is 17.9 Å². The van der Waals surface area contributed by atoms with Crippen LogP contribution in [-0.4, -0.2) is 50.2 Å². The Morgan fingerprint density at radius 3 is 1.18 bits per heavy atom. The number of ether oxygens (including phenoxy) is 3. The summed E-state index contributed by atoms with van der Waals surface area (Å²) in [7, 11) is 1.50. The standard InChI is InChI=1S/C36H67NO7/c1-4-6-8-10-12-14-16-18-20-22-24-26-34(39)42-30-32(31-43-35(40)29-28-33(38)37-3)44-36(41)27-25-23-21-19-17-15-13-11-9-7-5-2/h32H,4-31H2,1-3H3,(H,37,38)/t32-/m0/s1. The zero-order valence-electron chi connectivity index (χ0n) is 28.7. The monoisotopic (exact) mass is 625 g/mol. The van der Waals surface area contributed by atoms with Crippen LogP contribution in [0.1, 0.15) is 181 Å². The van der Waals surface area contributed by atoms with E-state index in [1.54, 1.807) is 0 Å². The predicted octanol–water partition coefficient (Wildman–Crippen LogP) is 8.91. The highest BCUT2D eigenvalue weighted by molar-refractivity contribution is 5.81. The lowest BCUT2D eigenvalue weighted by atomic mass is 10.1. The number of unbranched alkanes of at least 4 members (excludes halogenated alkanes) is 20. The van der Waals surface area contributed by atoms with Gasteiger partial charge in [0.15, 0.2) is 6.10 Å². The molecule has 258 valence electrons. The van der Waals surface area contributed by atoms with Crippen LogP contribution in [0.3, 0.4) is 0 Å². The molecule has 0 aliphatic rings. The van der Waals surface area contributed by atoms with E-state index in [1.165, 1.54) is 110 Å². The highest BCUT2D eigenvalue weighted by atomic mass is 16.6. The van der Waals surface area contributed by atoms with Crippen LogP contribution in [0.5, 0.6) is 0 Å². The molecule has 0 unspecified atom stereocenters. The summed E-state index contributed by atoms with van der Waals surface area (Å²) in [5, 5.41) is 2.46. The van der Waals surface area contributed by atoms with Crippen molar-refractivity contribution in [2.24, 2.45) is 0 Å². The summed E-state index contributed by atoms with van der Waals surface area (Å²) in [6.07, 6.45) is 26.1. The van der Waals surface area contributed by atoms with Crippen molar-refractivity contribution in [1.29, 1.82) is 0 Å². The van der Waals surface area contributed by atoms with Gasteiger partial charge in [-0.05, 0) is 12.8 Å². The molecule has 0 fully saturated rings. The van der Waals surface area contributed by atoms with Crippen LogP contribution in [0.4, 0.5) is 0 Å². The summed E-state index contributed by atoms with van der Waals surface area (Å²) < 4.78 is 16.1. The van der Waals surface area contributed by atoms with E-state index in [2.05, 4.69) is 19.2 Å². The summed E-state index contributed by atoms with van der Waals surface area (Å²) in [5.41, 5.74) is 0. The third-order valence-electron chi connectivity index (χ3n) is 7.96. The first-order valence-electron chi connectivity index (χ1n) is 18.1. The van der Waals surface area contributed by atoms with Crippen molar-refractivity contribution in [2.75, 3.05) is 20.3 Å². The molecule has 44 heavy (non-hydrogen) atoms. The Balaban J connectivity index is 4.27. The summed E-state index contributed by atoms with van der Waals surface area (Å²) in [4.78, 5) is 48.2. The summed E-state index contributed by atoms with van der Waals surface area (Å²) in [6, 6.07) is 0. The molecule has 1 amide bonds. The smallest absolute Gasteiger partial charge is 0.306 e. The average molecular weight is 626 g/mol. The molecule has 8 nitrogen and oxygen atoms in total. The van der Waals surface area contributed by atoms with Gasteiger partial charge in [-0.15, -0.1) is 0 Å². The summed E-state index contributed by atoms with van der Waals surface area (Å²) in [6.45, 7) is 4.12. The predicted molar refractivity (Wildman–Crippen MR) is 177 cm³/mol. The largest absolute Gasteiger partial charge is 0.462 e. The van der Waals surface area contributed by atoms with Crippen LogP contribution in [0.2, 0.25) is 0 Å². The second-order valence-corrected chi connectivity index (χ2v) is 12.2. The van der Waals surface area contributed by atoms with Crippen molar-refractivity contribution in [3.63, 3.8) is 0 Å². The number of hydrogen-bond donors (Lipinski definition) is 1. The van der Waals surface area contributed by atoms with Gasteiger partial charge in [-0.3, -0.25) is 19.2 Å². The van der Waals surface area contributed by atoms with Gasteiger partial charge in [0, 0.05) is 26.3 Å². The maximum absolute atomic E-state index is 12.5. The fraction of sp³-hybridized carbons (Fsp3) is 0.889. The second-order valence-electron chi connectivity index (χ2n) is 12.2. The minimum absolute atomic E-state index is 0.0204. The van der Waals surface area contributed by atoms with Crippen molar-refractivity contribution in [1.82, 2.24) is 5.32 Å². The maximum Gasteiger partial charge on any atom is 0.306 e. The fourth-order valence-corrected chi connectivity index (χ4v) is 5.08. The summed E-state index contributed by atoms with van der Waals surface area (Å²) in [5.74, 6) is -1.53. The number of hydrogen-bond acceptors (Lipinski definition) is 7. The number of rotatable bonds is 32. The van der Waals surface area contributed by atoms with Crippen molar-refractivity contribution in [3.8, 4) is 0 Å². The average Bonchev–Trinajstić information content (AvgIpc) is 3.02. The van der Waals surface area contributed by atoms with Crippen molar-refractivity contribution >= 4 is 23.8 Å². The van der Waals surface area contributed by atoms with Crippen LogP contribution >= 0.6 is 0 Å².